The summed E-state index contributed by atoms with van der Waals surface area (Å²) in [7, 11) is 0. The van der Waals surface area contributed by atoms with Gasteiger partial charge in [-0.15, -0.1) is 0 Å². The van der Waals surface area contributed by atoms with Crippen molar-refractivity contribution in [1.29, 1.82) is 0 Å². The first-order valence-corrected chi connectivity index (χ1v) is 7.89. The van der Waals surface area contributed by atoms with Crippen molar-refractivity contribution >= 4 is 5.91 Å². The zero-order chi connectivity index (χ0) is 15.6. The van der Waals surface area contributed by atoms with Crippen molar-refractivity contribution in [2.45, 2.75) is 53.2 Å². The number of hydrogen-bond donors (Lipinski definition) is 1. The molecule has 1 aromatic carbocycles. The number of benzene rings is 1. The molecule has 1 amide bonds. The molecule has 0 aromatic heterocycles. The molecular weight excluding hydrogens is 260 g/mol. The molecule has 0 aliphatic carbocycles. The molecule has 1 aliphatic rings. The van der Waals surface area contributed by atoms with Gasteiger partial charge in [-0.25, -0.2) is 0 Å². The molecule has 0 bridgehead atoms. The van der Waals surface area contributed by atoms with Crippen LogP contribution in [0, 0.1) is 11.3 Å². The first kappa shape index (κ1) is 16.0. The van der Waals surface area contributed by atoms with E-state index in [1.54, 1.807) is 0 Å². The maximum atomic E-state index is 12.8. The third-order valence-corrected chi connectivity index (χ3v) is 3.72. The van der Waals surface area contributed by atoms with E-state index in [9.17, 15) is 4.79 Å². The predicted molar refractivity (Wildman–Crippen MR) is 86.7 cm³/mol. The summed E-state index contributed by atoms with van der Waals surface area (Å²) >= 11 is 0. The minimum absolute atomic E-state index is 0.00155. The molecular formula is C18H28N2O. The lowest BCUT2D eigenvalue weighted by molar-refractivity contribution is -0.131. The quantitative estimate of drug-likeness (QED) is 0.918. The lowest BCUT2D eigenvalue weighted by Crippen LogP contribution is -2.37. The van der Waals surface area contributed by atoms with Gasteiger partial charge in [0.05, 0.1) is 6.04 Å². The highest BCUT2D eigenvalue weighted by molar-refractivity contribution is 5.84. The molecule has 1 N–H and O–H groups in total. The van der Waals surface area contributed by atoms with Crippen LogP contribution in [-0.4, -0.2) is 23.4 Å². The highest BCUT2D eigenvalue weighted by Crippen LogP contribution is 2.30. The molecule has 1 heterocycles. The fourth-order valence-corrected chi connectivity index (χ4v) is 2.91. The summed E-state index contributed by atoms with van der Waals surface area (Å²) in [5.41, 5.74) is 1.26. The molecule has 2 unspecified atom stereocenters. The molecule has 0 radical (unpaired) electrons. The number of carbonyl (C=O) groups excluding carboxylic acids is 1. The summed E-state index contributed by atoms with van der Waals surface area (Å²) in [5, 5.41) is 3.54. The highest BCUT2D eigenvalue weighted by atomic mass is 16.2. The fourth-order valence-electron chi connectivity index (χ4n) is 2.91. The molecule has 3 nitrogen and oxygen atoms in total. The minimum atomic E-state index is -0.0578. The van der Waals surface area contributed by atoms with E-state index in [2.05, 4.69) is 52.1 Å². The van der Waals surface area contributed by atoms with E-state index >= 15 is 0 Å². The number of nitrogens with zero attached hydrogens (tertiary/aromatic N) is 1. The van der Waals surface area contributed by atoms with E-state index in [-0.39, 0.29) is 23.5 Å². The SMILES string of the molecule is CC(C)CC1NC(c2ccccc2)N(CC(C)(C)C)C1=O. The number of amides is 1. The van der Waals surface area contributed by atoms with Crippen LogP contribution in [0.15, 0.2) is 30.3 Å². The Hall–Kier alpha value is -1.35. The van der Waals surface area contributed by atoms with Gasteiger partial charge in [0.25, 0.3) is 0 Å². The smallest absolute Gasteiger partial charge is 0.241 e. The molecule has 1 fully saturated rings. The average Bonchev–Trinajstić information content (AvgIpc) is 2.66. The Morgan fingerprint density at radius 3 is 2.33 bits per heavy atom. The summed E-state index contributed by atoms with van der Waals surface area (Å²) in [6.07, 6.45) is 0.893. The van der Waals surface area contributed by atoms with Crippen molar-refractivity contribution in [3.05, 3.63) is 35.9 Å². The van der Waals surface area contributed by atoms with E-state index in [4.69, 9.17) is 0 Å². The van der Waals surface area contributed by atoms with E-state index in [1.165, 1.54) is 5.56 Å². The van der Waals surface area contributed by atoms with Crippen LogP contribution in [0.4, 0.5) is 0 Å². The standard InChI is InChI=1S/C18H28N2O/c1-13(2)11-15-17(21)20(12-18(3,4)5)16(19-15)14-9-7-6-8-10-14/h6-10,13,15-16,19H,11-12H2,1-5H3. The van der Waals surface area contributed by atoms with Gasteiger partial charge in [-0.05, 0) is 23.3 Å². The van der Waals surface area contributed by atoms with Crippen LogP contribution >= 0.6 is 0 Å². The monoisotopic (exact) mass is 288 g/mol. The predicted octanol–water partition coefficient (Wildman–Crippen LogP) is 3.58. The Morgan fingerprint density at radius 2 is 1.81 bits per heavy atom. The highest BCUT2D eigenvalue weighted by Gasteiger charge is 2.40. The largest absolute Gasteiger partial charge is 0.321 e. The van der Waals surface area contributed by atoms with Gasteiger partial charge in [-0.3, -0.25) is 10.1 Å². The van der Waals surface area contributed by atoms with Crippen molar-refractivity contribution in [2.75, 3.05) is 6.54 Å². The van der Waals surface area contributed by atoms with Crippen LogP contribution < -0.4 is 5.32 Å². The number of nitrogens with one attached hydrogen (secondary N) is 1. The summed E-state index contributed by atoms with van der Waals surface area (Å²) < 4.78 is 0. The zero-order valence-electron chi connectivity index (χ0n) is 13.9. The van der Waals surface area contributed by atoms with Gasteiger partial charge in [0.15, 0.2) is 0 Å². The Morgan fingerprint density at radius 1 is 1.19 bits per heavy atom. The van der Waals surface area contributed by atoms with Gasteiger partial charge in [0.1, 0.15) is 6.17 Å². The number of rotatable bonds is 4. The van der Waals surface area contributed by atoms with Crippen molar-refractivity contribution in [2.24, 2.45) is 11.3 Å². The molecule has 1 aromatic rings. The minimum Gasteiger partial charge on any atom is -0.321 e. The lowest BCUT2D eigenvalue weighted by atomic mass is 9.95. The average molecular weight is 288 g/mol. The first-order chi connectivity index (χ1) is 9.78. The van der Waals surface area contributed by atoms with E-state index in [0.29, 0.717) is 5.92 Å². The molecule has 0 saturated carbocycles. The molecule has 1 aliphatic heterocycles. The van der Waals surface area contributed by atoms with Gasteiger partial charge in [-0.2, -0.15) is 0 Å². The van der Waals surface area contributed by atoms with Crippen LogP contribution in [0.25, 0.3) is 0 Å². The molecule has 2 rings (SSSR count). The Labute approximate surface area is 128 Å². The third kappa shape index (κ3) is 4.07. The van der Waals surface area contributed by atoms with Crippen molar-refractivity contribution < 1.29 is 4.79 Å². The van der Waals surface area contributed by atoms with E-state index < -0.39 is 0 Å². The number of hydrogen-bond acceptors (Lipinski definition) is 2. The van der Waals surface area contributed by atoms with Crippen molar-refractivity contribution in [3.63, 3.8) is 0 Å². The first-order valence-electron chi connectivity index (χ1n) is 7.89. The Kier molecular flexibility index (Phi) is 4.72. The molecule has 116 valence electrons. The van der Waals surface area contributed by atoms with Gasteiger partial charge in [0, 0.05) is 6.54 Å². The second-order valence-corrected chi connectivity index (χ2v) is 7.69. The van der Waals surface area contributed by atoms with Gasteiger partial charge >= 0.3 is 0 Å². The van der Waals surface area contributed by atoms with Crippen LogP contribution in [0.2, 0.25) is 0 Å². The third-order valence-electron chi connectivity index (χ3n) is 3.72. The second kappa shape index (κ2) is 6.18. The summed E-state index contributed by atoms with van der Waals surface area (Å²) in [6, 6.07) is 10.2. The Balaban J connectivity index is 2.25. The molecule has 3 heteroatoms. The molecule has 2 atom stereocenters. The Bertz CT molecular complexity index is 476. The van der Waals surface area contributed by atoms with Crippen molar-refractivity contribution in [1.82, 2.24) is 10.2 Å². The normalized spacial score (nSPS) is 23.1. The summed E-state index contributed by atoms with van der Waals surface area (Å²) in [5.74, 6) is 0.755. The molecule has 21 heavy (non-hydrogen) atoms. The lowest BCUT2D eigenvalue weighted by Gasteiger charge is -2.31. The topological polar surface area (TPSA) is 32.3 Å². The summed E-state index contributed by atoms with van der Waals surface area (Å²) in [6.45, 7) is 11.6. The maximum Gasteiger partial charge on any atom is 0.241 e. The fraction of sp³-hybridized carbons (Fsp3) is 0.611. The van der Waals surface area contributed by atoms with Crippen LogP contribution in [0.1, 0.15) is 52.8 Å². The van der Waals surface area contributed by atoms with Crippen LogP contribution in [-0.2, 0) is 4.79 Å². The van der Waals surface area contributed by atoms with Gasteiger partial charge < -0.3 is 4.90 Å². The van der Waals surface area contributed by atoms with Crippen LogP contribution in [0.5, 0.6) is 0 Å². The van der Waals surface area contributed by atoms with Crippen LogP contribution in [0.3, 0.4) is 0 Å². The number of carbonyl (C=O) groups is 1. The summed E-state index contributed by atoms with van der Waals surface area (Å²) in [4.78, 5) is 14.8. The molecule has 1 saturated heterocycles. The van der Waals surface area contributed by atoms with Crippen molar-refractivity contribution in [3.8, 4) is 0 Å². The van der Waals surface area contributed by atoms with E-state index in [0.717, 1.165) is 13.0 Å². The maximum absolute atomic E-state index is 12.8. The second-order valence-electron chi connectivity index (χ2n) is 7.69. The molecule has 0 spiro atoms. The van der Waals surface area contributed by atoms with Gasteiger partial charge in [0.2, 0.25) is 5.91 Å². The zero-order valence-corrected chi connectivity index (χ0v) is 13.9. The van der Waals surface area contributed by atoms with Gasteiger partial charge in [-0.1, -0.05) is 65.0 Å². The van der Waals surface area contributed by atoms with E-state index in [1.807, 2.05) is 23.1 Å².